The molecule has 1 aliphatic heterocycles. The van der Waals surface area contributed by atoms with E-state index in [9.17, 15) is 18.0 Å². The summed E-state index contributed by atoms with van der Waals surface area (Å²) in [5, 5.41) is 4.28. The van der Waals surface area contributed by atoms with Crippen molar-refractivity contribution in [3.8, 4) is 11.4 Å². The van der Waals surface area contributed by atoms with Crippen LogP contribution in [0.1, 0.15) is 40.3 Å². The molecule has 9 nitrogen and oxygen atoms in total. The first-order valence-corrected chi connectivity index (χ1v) is 12.6. The molecule has 1 aromatic heterocycles. The van der Waals surface area contributed by atoms with Crippen molar-refractivity contribution >= 4 is 27.5 Å². The number of carbonyl (C=O) groups excluding carboxylic acids is 2. The van der Waals surface area contributed by atoms with E-state index in [0.29, 0.717) is 24.2 Å². The summed E-state index contributed by atoms with van der Waals surface area (Å²) < 4.78 is 38.2. The summed E-state index contributed by atoms with van der Waals surface area (Å²) in [5.74, 6) is -0.797. The number of ketones is 1. The van der Waals surface area contributed by atoms with Gasteiger partial charge in [-0.3, -0.25) is 9.10 Å². The van der Waals surface area contributed by atoms with Crippen molar-refractivity contribution in [1.29, 1.82) is 0 Å². The van der Waals surface area contributed by atoms with Crippen molar-refractivity contribution in [3.05, 3.63) is 71.5 Å². The van der Waals surface area contributed by atoms with Crippen molar-refractivity contribution in [2.75, 3.05) is 29.8 Å². The van der Waals surface area contributed by atoms with Crippen LogP contribution in [0.2, 0.25) is 0 Å². The molecule has 2 heterocycles. The van der Waals surface area contributed by atoms with Gasteiger partial charge in [0.15, 0.2) is 18.1 Å². The number of anilines is 1. The Labute approximate surface area is 198 Å². The maximum absolute atomic E-state index is 12.8. The topological polar surface area (TPSA) is 108 Å². The molecule has 10 heteroatoms. The van der Waals surface area contributed by atoms with Crippen molar-refractivity contribution in [3.63, 3.8) is 0 Å². The Morgan fingerprint density at radius 2 is 1.85 bits per heavy atom. The number of para-hydroxylation sites is 1. The van der Waals surface area contributed by atoms with E-state index in [0.717, 1.165) is 11.3 Å². The molecule has 3 aromatic rings. The first-order valence-electron chi connectivity index (χ1n) is 11.0. The van der Waals surface area contributed by atoms with Crippen molar-refractivity contribution in [1.82, 2.24) is 9.78 Å². The van der Waals surface area contributed by atoms with Crippen LogP contribution in [-0.2, 0) is 21.2 Å². The quantitative estimate of drug-likeness (QED) is 0.340. The summed E-state index contributed by atoms with van der Waals surface area (Å²) in [6.45, 7) is 3.52. The zero-order chi connectivity index (χ0) is 24.3. The molecule has 1 aliphatic rings. The lowest BCUT2D eigenvalue weighted by Crippen LogP contribution is -2.30. The van der Waals surface area contributed by atoms with E-state index in [1.165, 1.54) is 15.2 Å². The van der Waals surface area contributed by atoms with Gasteiger partial charge in [0.25, 0.3) is 0 Å². The lowest BCUT2D eigenvalue weighted by Gasteiger charge is -2.18. The molecule has 0 unspecified atom stereocenters. The van der Waals surface area contributed by atoms with Crippen LogP contribution in [0.15, 0.2) is 54.7 Å². The van der Waals surface area contributed by atoms with Crippen LogP contribution in [0.3, 0.4) is 0 Å². The SMILES string of the molecule is CCOC(=O)c1nn(-c2ccccc2)cc1OCC(=O)c1ccc2c(c1)CCN2S(=O)(=O)CC. The first-order chi connectivity index (χ1) is 16.3. The Morgan fingerprint density at radius 1 is 1.09 bits per heavy atom. The molecule has 34 heavy (non-hydrogen) atoms. The Hall–Kier alpha value is -3.66. The van der Waals surface area contributed by atoms with E-state index in [-0.39, 0.29) is 36.2 Å². The molecule has 0 radical (unpaired) electrons. The monoisotopic (exact) mass is 483 g/mol. The molecule has 0 amide bonds. The molecule has 0 fully saturated rings. The molecule has 0 spiro atoms. The molecule has 0 saturated heterocycles. The molecule has 0 bridgehead atoms. The molecule has 178 valence electrons. The highest BCUT2D eigenvalue weighted by atomic mass is 32.2. The second kappa shape index (κ2) is 9.68. The van der Waals surface area contributed by atoms with Gasteiger partial charge in [0.05, 0.1) is 29.9 Å². The summed E-state index contributed by atoms with van der Waals surface area (Å²) in [6.07, 6.45) is 2.07. The van der Waals surface area contributed by atoms with E-state index in [2.05, 4.69) is 5.10 Å². The fraction of sp³-hybridized carbons (Fsp3) is 0.292. The Kier molecular flexibility index (Phi) is 6.69. The van der Waals surface area contributed by atoms with Gasteiger partial charge in [0.1, 0.15) is 0 Å². The number of ether oxygens (including phenoxy) is 2. The molecule has 0 N–H and O–H groups in total. The number of nitrogens with zero attached hydrogens (tertiary/aromatic N) is 3. The average Bonchev–Trinajstić information content (AvgIpc) is 3.48. The molecule has 0 atom stereocenters. The van der Waals surface area contributed by atoms with E-state index < -0.39 is 16.0 Å². The Morgan fingerprint density at radius 3 is 2.56 bits per heavy atom. The normalized spacial score (nSPS) is 12.9. The van der Waals surface area contributed by atoms with E-state index >= 15 is 0 Å². The number of benzene rings is 2. The molecule has 2 aromatic carbocycles. The number of sulfonamides is 1. The van der Waals surface area contributed by atoms with Crippen LogP contribution in [0, 0.1) is 0 Å². The number of rotatable bonds is 9. The molecular weight excluding hydrogens is 458 g/mol. The van der Waals surface area contributed by atoms with Crippen LogP contribution in [0.25, 0.3) is 5.69 Å². The van der Waals surface area contributed by atoms with E-state index in [4.69, 9.17) is 9.47 Å². The minimum absolute atomic E-state index is 0.0143. The van der Waals surface area contributed by atoms with E-state index in [1.54, 1.807) is 32.0 Å². The fourth-order valence-electron chi connectivity index (χ4n) is 3.73. The van der Waals surface area contributed by atoms with Gasteiger partial charge in [0.2, 0.25) is 15.7 Å². The average molecular weight is 484 g/mol. The van der Waals surface area contributed by atoms with Crippen LogP contribution < -0.4 is 9.04 Å². The number of fused-ring (bicyclic) bond motifs is 1. The number of carbonyl (C=O) groups is 2. The molecule has 0 aliphatic carbocycles. The zero-order valence-electron chi connectivity index (χ0n) is 18.9. The largest absolute Gasteiger partial charge is 0.481 e. The third-order valence-electron chi connectivity index (χ3n) is 5.48. The summed E-state index contributed by atoms with van der Waals surface area (Å²) in [7, 11) is -3.36. The maximum Gasteiger partial charge on any atom is 0.362 e. The summed E-state index contributed by atoms with van der Waals surface area (Å²) >= 11 is 0. The summed E-state index contributed by atoms with van der Waals surface area (Å²) in [5.41, 5.74) is 2.51. The summed E-state index contributed by atoms with van der Waals surface area (Å²) in [6, 6.07) is 14.1. The highest BCUT2D eigenvalue weighted by Crippen LogP contribution is 2.31. The minimum Gasteiger partial charge on any atom is -0.481 e. The van der Waals surface area contributed by atoms with Gasteiger partial charge in [-0.1, -0.05) is 18.2 Å². The van der Waals surface area contributed by atoms with Crippen LogP contribution in [0.5, 0.6) is 5.75 Å². The second-order valence-electron chi connectivity index (χ2n) is 7.62. The highest BCUT2D eigenvalue weighted by Gasteiger charge is 2.29. The van der Waals surface area contributed by atoms with Gasteiger partial charge in [0, 0.05) is 12.1 Å². The highest BCUT2D eigenvalue weighted by molar-refractivity contribution is 7.92. The minimum atomic E-state index is -3.36. The van der Waals surface area contributed by atoms with Gasteiger partial charge in [-0.15, -0.1) is 0 Å². The predicted molar refractivity (Wildman–Crippen MR) is 126 cm³/mol. The van der Waals surface area contributed by atoms with Gasteiger partial charge in [-0.05, 0) is 56.2 Å². The van der Waals surface area contributed by atoms with Crippen LogP contribution in [0.4, 0.5) is 5.69 Å². The Bertz CT molecular complexity index is 1320. The third-order valence-corrected chi connectivity index (χ3v) is 7.26. The molecule has 0 saturated carbocycles. The van der Waals surface area contributed by atoms with Gasteiger partial charge >= 0.3 is 5.97 Å². The summed E-state index contributed by atoms with van der Waals surface area (Å²) in [4.78, 5) is 25.2. The zero-order valence-corrected chi connectivity index (χ0v) is 19.7. The van der Waals surface area contributed by atoms with Gasteiger partial charge < -0.3 is 9.47 Å². The van der Waals surface area contributed by atoms with Gasteiger partial charge in [-0.25, -0.2) is 17.9 Å². The number of aromatic nitrogens is 2. The van der Waals surface area contributed by atoms with Crippen molar-refractivity contribution < 1.29 is 27.5 Å². The van der Waals surface area contributed by atoms with Crippen LogP contribution in [-0.4, -0.2) is 55.5 Å². The number of Topliss-reactive ketones (excluding diaryl/α,β-unsaturated/α-hetero) is 1. The second-order valence-corrected chi connectivity index (χ2v) is 9.80. The third kappa shape index (κ3) is 4.67. The smallest absolute Gasteiger partial charge is 0.362 e. The molecule has 4 rings (SSSR count). The Balaban J connectivity index is 1.53. The lowest BCUT2D eigenvalue weighted by molar-refractivity contribution is 0.0513. The fourth-order valence-corrected chi connectivity index (χ4v) is 4.89. The van der Waals surface area contributed by atoms with Crippen LogP contribution >= 0.6 is 0 Å². The lowest BCUT2D eigenvalue weighted by atomic mass is 10.1. The standard InChI is InChI=1S/C24H25N3O6S/c1-3-32-24(29)23-22(15-26(25-23)19-8-6-5-7-9-19)33-16-21(28)18-10-11-20-17(14-18)12-13-27(20)34(30,31)4-2/h5-11,14-15H,3-4,12-13,16H2,1-2H3. The predicted octanol–water partition coefficient (Wildman–Crippen LogP) is 3.02. The van der Waals surface area contributed by atoms with Crippen molar-refractivity contribution in [2.24, 2.45) is 0 Å². The molecular formula is C24H25N3O6S. The number of hydrogen-bond donors (Lipinski definition) is 0. The van der Waals surface area contributed by atoms with Gasteiger partial charge in [-0.2, -0.15) is 5.10 Å². The first kappa shape index (κ1) is 23.5. The van der Waals surface area contributed by atoms with Crippen molar-refractivity contribution in [2.45, 2.75) is 20.3 Å². The number of hydrogen-bond acceptors (Lipinski definition) is 7. The van der Waals surface area contributed by atoms with E-state index in [1.807, 2.05) is 30.3 Å². The number of esters is 1. The maximum atomic E-state index is 12.8.